The highest BCUT2D eigenvalue weighted by Gasteiger charge is 2.63. The lowest BCUT2D eigenvalue weighted by molar-refractivity contribution is -0.131. The summed E-state index contributed by atoms with van der Waals surface area (Å²) in [5, 5.41) is 3.86. The topological polar surface area (TPSA) is 43.4 Å². The van der Waals surface area contributed by atoms with E-state index in [9.17, 15) is 9.59 Å². The Morgan fingerprint density at radius 1 is 0.786 bits per heavy atom. The number of hydrogen-bond acceptors (Lipinski definition) is 3. The number of carbonyl (C=O) groups excluding carboxylic acids is 2. The summed E-state index contributed by atoms with van der Waals surface area (Å²) in [6.07, 6.45) is 9.82. The minimum atomic E-state index is -2.83. The van der Waals surface area contributed by atoms with E-state index in [4.69, 9.17) is 4.43 Å². The van der Waals surface area contributed by atoms with E-state index in [0.29, 0.717) is 30.6 Å². The molecule has 0 N–H and O–H groups in total. The second-order valence-electron chi connectivity index (χ2n) is 13.7. The van der Waals surface area contributed by atoms with Crippen LogP contribution in [0.2, 0.25) is 0 Å². The Labute approximate surface area is 251 Å². The van der Waals surface area contributed by atoms with Crippen LogP contribution in [0.25, 0.3) is 0 Å². The van der Waals surface area contributed by atoms with Crippen LogP contribution in [0.4, 0.5) is 0 Å². The third-order valence-corrected chi connectivity index (χ3v) is 16.0. The van der Waals surface area contributed by atoms with E-state index in [1.807, 2.05) is 6.08 Å². The van der Waals surface area contributed by atoms with Gasteiger partial charge in [0.25, 0.3) is 8.32 Å². The number of benzene rings is 3. The first-order valence-corrected chi connectivity index (χ1v) is 17.9. The Morgan fingerprint density at radius 3 is 1.90 bits per heavy atom. The van der Waals surface area contributed by atoms with Crippen LogP contribution < -0.4 is 15.6 Å². The van der Waals surface area contributed by atoms with Gasteiger partial charge in [0.15, 0.2) is 5.78 Å². The number of allylic oxidation sites excluding steroid dienone is 1. The smallest absolute Gasteiger partial charge is 0.288 e. The number of hydrogen-bond donors (Lipinski definition) is 0. The van der Waals surface area contributed by atoms with Crippen LogP contribution in [0.1, 0.15) is 58.8 Å². The quantitative estimate of drug-likeness (QED) is 0.206. The van der Waals surface area contributed by atoms with Crippen molar-refractivity contribution in [3.63, 3.8) is 0 Å². The number of fused-ring (bicyclic) bond motifs is 5. The fourth-order valence-electron chi connectivity index (χ4n) is 9.94. The van der Waals surface area contributed by atoms with Crippen LogP contribution in [0.5, 0.6) is 0 Å². The van der Waals surface area contributed by atoms with Crippen LogP contribution in [0.3, 0.4) is 0 Å². The van der Waals surface area contributed by atoms with Crippen molar-refractivity contribution < 1.29 is 14.0 Å². The summed E-state index contributed by atoms with van der Waals surface area (Å²) in [6.45, 7) is 4.76. The van der Waals surface area contributed by atoms with Crippen molar-refractivity contribution in [3.05, 3.63) is 103 Å². The number of carbonyl (C=O) groups is 2. The Kier molecular flexibility index (Phi) is 6.98. The highest BCUT2D eigenvalue weighted by molar-refractivity contribution is 7.07. The number of ketones is 1. The summed E-state index contributed by atoms with van der Waals surface area (Å²) >= 11 is 0. The van der Waals surface area contributed by atoms with E-state index in [1.165, 1.54) is 21.8 Å². The van der Waals surface area contributed by atoms with E-state index < -0.39 is 13.7 Å². The van der Waals surface area contributed by atoms with Gasteiger partial charge in [-0.3, -0.25) is 4.79 Å². The molecule has 0 aliphatic heterocycles. The molecule has 7 atom stereocenters. The van der Waals surface area contributed by atoms with Crippen LogP contribution in [0, 0.1) is 34.5 Å². The van der Waals surface area contributed by atoms with Gasteiger partial charge in [0.05, 0.1) is 11.5 Å². The molecular weight excluding hydrogens is 533 g/mol. The Morgan fingerprint density at radius 2 is 1.36 bits per heavy atom. The first kappa shape index (κ1) is 27.7. The molecule has 3 aromatic carbocycles. The fourth-order valence-corrected chi connectivity index (χ4v) is 14.1. The maximum Gasteiger partial charge on any atom is 0.288 e. The van der Waals surface area contributed by atoms with Gasteiger partial charge in [-0.15, -0.1) is 0 Å². The highest BCUT2D eigenvalue weighted by atomic mass is 28.4. The molecule has 4 heteroatoms. The maximum atomic E-state index is 12.9. The van der Waals surface area contributed by atoms with Crippen LogP contribution in [-0.2, 0) is 14.0 Å². The molecule has 42 heavy (non-hydrogen) atoms. The van der Waals surface area contributed by atoms with Crippen molar-refractivity contribution in [3.8, 4) is 0 Å². The van der Waals surface area contributed by atoms with Crippen LogP contribution in [-0.4, -0.2) is 26.5 Å². The van der Waals surface area contributed by atoms with Crippen molar-refractivity contribution in [1.82, 2.24) is 0 Å². The summed E-state index contributed by atoms with van der Waals surface area (Å²) in [6, 6.07) is 32.8. The van der Waals surface area contributed by atoms with Crippen molar-refractivity contribution >= 4 is 35.9 Å². The molecule has 7 rings (SSSR count). The average Bonchev–Trinajstić information content (AvgIpc) is 3.37. The molecule has 0 amide bonds. The molecule has 4 aliphatic rings. The van der Waals surface area contributed by atoms with E-state index in [0.717, 1.165) is 37.7 Å². The summed E-state index contributed by atoms with van der Waals surface area (Å²) in [5.41, 5.74) is 0.730. The predicted octanol–water partition coefficient (Wildman–Crippen LogP) is 6.00. The van der Waals surface area contributed by atoms with Crippen LogP contribution >= 0.6 is 0 Å². The van der Waals surface area contributed by atoms with Gasteiger partial charge >= 0.3 is 0 Å². The molecular formula is C38H42O3Si. The van der Waals surface area contributed by atoms with Gasteiger partial charge in [0.2, 0.25) is 0 Å². The lowest BCUT2D eigenvalue weighted by atomic mass is 9.45. The van der Waals surface area contributed by atoms with Crippen molar-refractivity contribution in [2.24, 2.45) is 34.5 Å². The molecule has 0 saturated heterocycles. The summed E-state index contributed by atoms with van der Waals surface area (Å²) in [5.74, 6) is 1.82. The first-order valence-electron chi connectivity index (χ1n) is 16.0. The third-order valence-electron chi connectivity index (χ3n) is 11.9. The molecule has 0 radical (unpaired) electrons. The number of aldehydes is 1. The van der Waals surface area contributed by atoms with Gasteiger partial charge in [-0.25, -0.2) is 0 Å². The summed E-state index contributed by atoms with van der Waals surface area (Å²) in [4.78, 5) is 25.4. The molecule has 0 aromatic heterocycles. The largest absolute Gasteiger partial charge is 0.401 e. The van der Waals surface area contributed by atoms with Gasteiger partial charge in [-0.05, 0) is 89.2 Å². The molecule has 4 aliphatic carbocycles. The molecule has 0 bridgehead atoms. The zero-order valence-electron chi connectivity index (χ0n) is 24.9. The molecule has 3 saturated carbocycles. The van der Waals surface area contributed by atoms with Gasteiger partial charge in [-0.2, -0.15) is 0 Å². The second kappa shape index (κ2) is 10.6. The molecule has 0 heterocycles. The molecule has 0 spiro atoms. The van der Waals surface area contributed by atoms with Gasteiger partial charge in [0.1, 0.15) is 6.29 Å². The normalized spacial score (nSPS) is 34.1. The molecule has 3 aromatic rings. The lowest BCUT2D eigenvalue weighted by Crippen LogP contribution is -2.71. The minimum absolute atomic E-state index is 0.0489. The Bertz CT molecular complexity index is 1390. The Hall–Kier alpha value is -3.08. The van der Waals surface area contributed by atoms with Gasteiger partial charge < -0.3 is 9.22 Å². The fraction of sp³-hybridized carbons (Fsp3) is 0.421. The van der Waals surface area contributed by atoms with Crippen LogP contribution in [0.15, 0.2) is 103 Å². The summed E-state index contributed by atoms with van der Waals surface area (Å²) < 4.78 is 7.82. The predicted molar refractivity (Wildman–Crippen MR) is 171 cm³/mol. The zero-order valence-corrected chi connectivity index (χ0v) is 25.9. The van der Waals surface area contributed by atoms with E-state index in [-0.39, 0.29) is 23.2 Å². The molecule has 2 unspecified atom stereocenters. The van der Waals surface area contributed by atoms with Gasteiger partial charge in [0, 0.05) is 6.42 Å². The summed E-state index contributed by atoms with van der Waals surface area (Å²) in [7, 11) is -2.83. The molecule has 3 nitrogen and oxygen atoms in total. The van der Waals surface area contributed by atoms with Crippen molar-refractivity contribution in [2.75, 3.05) is 0 Å². The van der Waals surface area contributed by atoms with E-state index in [2.05, 4.69) is 105 Å². The molecule has 216 valence electrons. The minimum Gasteiger partial charge on any atom is -0.401 e. The zero-order chi connectivity index (χ0) is 29.0. The van der Waals surface area contributed by atoms with E-state index in [1.54, 1.807) is 0 Å². The second-order valence-corrected chi connectivity index (χ2v) is 17.1. The standard InChI is InChI=1S/C38H42O3Si/c1-27-24-32-33-18-19-36(37(33,2)22-21-34(32)38(26-39)23-20-28(40)25-35(27)38)41-42(29-12-6-3-7-13-29,30-14-8-4-9-15-30)31-16-10-5-11-17-31/h3-17,25-27,32-34,36H,18-24H2,1-2H3/t27?,32-,33-,34+,36?,37-,38-/m0/s1. The Balaban J connectivity index is 1.30. The highest BCUT2D eigenvalue weighted by Crippen LogP contribution is 2.66. The van der Waals surface area contributed by atoms with Gasteiger partial charge in [-0.1, -0.05) is 110 Å². The molecule has 3 fully saturated rings. The lowest BCUT2D eigenvalue weighted by Gasteiger charge is -2.59. The number of rotatable bonds is 6. The van der Waals surface area contributed by atoms with E-state index >= 15 is 0 Å². The van der Waals surface area contributed by atoms with Crippen molar-refractivity contribution in [2.45, 2.75) is 64.9 Å². The average molecular weight is 575 g/mol. The third kappa shape index (κ3) is 4.09. The van der Waals surface area contributed by atoms with Crippen molar-refractivity contribution in [1.29, 1.82) is 0 Å². The SMILES string of the molecule is CC1C[C@@H]2[C@@H](CC[C@]3(C)C(O[Si](c4ccccc4)(c4ccccc4)c4ccccc4)CC[C@@H]23)[C@@]2(C=O)CCC(=O)C=C12. The maximum absolute atomic E-state index is 12.9. The monoisotopic (exact) mass is 574 g/mol. The first-order chi connectivity index (χ1) is 20.4.